The van der Waals surface area contributed by atoms with Gasteiger partial charge in [0.25, 0.3) is 0 Å². The predicted octanol–water partition coefficient (Wildman–Crippen LogP) is 5.16. The Bertz CT molecular complexity index is 547. The summed E-state index contributed by atoms with van der Waals surface area (Å²) in [4.78, 5) is 2.52. The molecular weight excluding hydrogens is 262 g/mol. The third kappa shape index (κ3) is 3.87. The fourth-order valence-electron chi connectivity index (χ4n) is 2.00. The molecule has 0 heterocycles. The molecule has 0 fully saturated rings. The molecule has 0 aliphatic heterocycles. The minimum absolute atomic E-state index is 0.0973. The molecule has 0 aliphatic rings. The van der Waals surface area contributed by atoms with Crippen LogP contribution in [0.15, 0.2) is 58.3 Å². The zero-order valence-corrected chi connectivity index (χ0v) is 13.5. The van der Waals surface area contributed by atoms with Crippen LogP contribution in [0.2, 0.25) is 0 Å². The van der Waals surface area contributed by atoms with E-state index >= 15 is 0 Å². The molecule has 106 valence electrons. The van der Waals surface area contributed by atoms with Crippen LogP contribution < -0.4 is 5.73 Å². The third-order valence-electron chi connectivity index (χ3n) is 3.36. The lowest BCUT2D eigenvalue weighted by atomic mass is 9.87. The Morgan fingerprint density at radius 3 is 1.70 bits per heavy atom. The Balaban J connectivity index is 2.10. The van der Waals surface area contributed by atoms with Crippen LogP contribution in [0.4, 0.5) is 0 Å². The molecule has 0 saturated heterocycles. The lowest BCUT2D eigenvalue weighted by molar-refractivity contribution is 0.590. The Labute approximate surface area is 126 Å². The second kappa shape index (κ2) is 6.02. The molecule has 0 aliphatic carbocycles. The zero-order valence-electron chi connectivity index (χ0n) is 12.7. The molecule has 0 radical (unpaired) electrons. The van der Waals surface area contributed by atoms with Gasteiger partial charge >= 0.3 is 0 Å². The molecule has 1 nitrogen and oxygen atoms in total. The Morgan fingerprint density at radius 2 is 1.30 bits per heavy atom. The first-order valence-corrected chi connectivity index (χ1v) is 7.82. The van der Waals surface area contributed by atoms with Crippen LogP contribution in [0.3, 0.4) is 0 Å². The monoisotopic (exact) mass is 285 g/mol. The summed E-state index contributed by atoms with van der Waals surface area (Å²) in [5, 5.41) is 0. The van der Waals surface area contributed by atoms with E-state index in [1.807, 2.05) is 6.92 Å². The molecule has 0 spiro atoms. The van der Waals surface area contributed by atoms with Gasteiger partial charge in [-0.1, -0.05) is 56.8 Å². The van der Waals surface area contributed by atoms with Gasteiger partial charge in [0.15, 0.2) is 0 Å². The van der Waals surface area contributed by atoms with Gasteiger partial charge in [-0.15, -0.1) is 0 Å². The topological polar surface area (TPSA) is 26.0 Å². The molecule has 2 rings (SSSR count). The summed E-state index contributed by atoms with van der Waals surface area (Å²) in [5.74, 6) is 0. The molecule has 2 aromatic rings. The highest BCUT2D eigenvalue weighted by atomic mass is 32.2. The van der Waals surface area contributed by atoms with Crippen molar-refractivity contribution in [3.05, 3.63) is 59.7 Å². The van der Waals surface area contributed by atoms with Crippen molar-refractivity contribution in [3.8, 4) is 0 Å². The Kier molecular flexibility index (Phi) is 4.56. The first-order chi connectivity index (χ1) is 9.36. The summed E-state index contributed by atoms with van der Waals surface area (Å²) in [6.07, 6.45) is 0. The van der Waals surface area contributed by atoms with Crippen LogP contribution in [0.25, 0.3) is 0 Å². The quantitative estimate of drug-likeness (QED) is 0.843. The van der Waals surface area contributed by atoms with Crippen molar-refractivity contribution >= 4 is 11.8 Å². The summed E-state index contributed by atoms with van der Waals surface area (Å²) in [6, 6.07) is 17.4. The van der Waals surface area contributed by atoms with Gasteiger partial charge in [0.05, 0.1) is 0 Å². The van der Waals surface area contributed by atoms with Crippen molar-refractivity contribution in [2.75, 3.05) is 0 Å². The second-order valence-corrected chi connectivity index (χ2v) is 7.38. The summed E-state index contributed by atoms with van der Waals surface area (Å²) >= 11 is 1.79. The van der Waals surface area contributed by atoms with Crippen LogP contribution in [-0.2, 0) is 5.41 Å². The minimum atomic E-state index is 0.0973. The molecule has 2 aromatic carbocycles. The number of rotatable bonds is 3. The number of benzene rings is 2. The molecule has 2 heteroatoms. The first kappa shape index (κ1) is 15.1. The largest absolute Gasteiger partial charge is 0.324 e. The van der Waals surface area contributed by atoms with E-state index in [-0.39, 0.29) is 11.5 Å². The van der Waals surface area contributed by atoms with E-state index in [1.54, 1.807) is 11.8 Å². The van der Waals surface area contributed by atoms with E-state index in [0.717, 1.165) is 0 Å². The number of hydrogen-bond acceptors (Lipinski definition) is 2. The van der Waals surface area contributed by atoms with Gasteiger partial charge in [-0.05, 0) is 47.7 Å². The average molecular weight is 285 g/mol. The minimum Gasteiger partial charge on any atom is -0.324 e. The average Bonchev–Trinajstić information content (AvgIpc) is 2.39. The van der Waals surface area contributed by atoms with Crippen molar-refractivity contribution in [3.63, 3.8) is 0 Å². The number of nitrogens with two attached hydrogens (primary N) is 1. The Hall–Kier alpha value is -1.25. The smallest absolute Gasteiger partial charge is 0.0266 e. The van der Waals surface area contributed by atoms with Gasteiger partial charge in [-0.25, -0.2) is 0 Å². The van der Waals surface area contributed by atoms with Gasteiger partial charge in [0.1, 0.15) is 0 Å². The molecule has 0 aromatic heterocycles. The first-order valence-electron chi connectivity index (χ1n) is 7.00. The molecule has 2 N–H and O–H groups in total. The van der Waals surface area contributed by atoms with Crippen molar-refractivity contribution in [1.29, 1.82) is 0 Å². The summed E-state index contributed by atoms with van der Waals surface area (Å²) in [6.45, 7) is 8.72. The van der Waals surface area contributed by atoms with Gasteiger partial charge in [-0.3, -0.25) is 0 Å². The van der Waals surface area contributed by atoms with Crippen molar-refractivity contribution in [1.82, 2.24) is 0 Å². The van der Waals surface area contributed by atoms with E-state index in [4.69, 9.17) is 5.73 Å². The normalized spacial score (nSPS) is 13.2. The summed E-state index contributed by atoms with van der Waals surface area (Å²) in [7, 11) is 0. The predicted molar refractivity (Wildman–Crippen MR) is 88.3 cm³/mol. The van der Waals surface area contributed by atoms with E-state index in [1.165, 1.54) is 20.9 Å². The van der Waals surface area contributed by atoms with Crippen molar-refractivity contribution in [2.45, 2.75) is 48.9 Å². The fourth-order valence-corrected chi connectivity index (χ4v) is 2.81. The standard InChI is InChI=1S/C18H23NS/c1-13(19)14-5-9-16(10-6-14)20-17-11-7-15(8-12-17)18(2,3)4/h5-13H,19H2,1-4H3. The van der Waals surface area contributed by atoms with E-state index in [0.29, 0.717) is 0 Å². The van der Waals surface area contributed by atoms with Crippen LogP contribution >= 0.6 is 11.8 Å². The van der Waals surface area contributed by atoms with Crippen LogP contribution in [-0.4, -0.2) is 0 Å². The van der Waals surface area contributed by atoms with E-state index in [2.05, 4.69) is 69.3 Å². The molecule has 0 saturated carbocycles. The highest BCUT2D eigenvalue weighted by Crippen LogP contribution is 2.30. The Morgan fingerprint density at radius 1 is 0.850 bits per heavy atom. The number of hydrogen-bond donors (Lipinski definition) is 1. The van der Waals surface area contributed by atoms with Gasteiger partial charge in [0.2, 0.25) is 0 Å². The molecule has 1 unspecified atom stereocenters. The molecule has 20 heavy (non-hydrogen) atoms. The lowest BCUT2D eigenvalue weighted by Crippen LogP contribution is -2.10. The zero-order chi connectivity index (χ0) is 14.8. The van der Waals surface area contributed by atoms with Crippen molar-refractivity contribution < 1.29 is 0 Å². The van der Waals surface area contributed by atoms with Crippen LogP contribution in [0.5, 0.6) is 0 Å². The fraction of sp³-hybridized carbons (Fsp3) is 0.333. The van der Waals surface area contributed by atoms with Crippen LogP contribution in [0.1, 0.15) is 44.9 Å². The molecule has 1 atom stereocenters. The molecular formula is C18H23NS. The third-order valence-corrected chi connectivity index (χ3v) is 4.38. The summed E-state index contributed by atoms with van der Waals surface area (Å²) < 4.78 is 0. The molecule has 0 bridgehead atoms. The maximum atomic E-state index is 5.87. The van der Waals surface area contributed by atoms with Gasteiger partial charge in [-0.2, -0.15) is 0 Å². The van der Waals surface area contributed by atoms with E-state index < -0.39 is 0 Å². The maximum absolute atomic E-state index is 5.87. The van der Waals surface area contributed by atoms with Crippen LogP contribution in [0, 0.1) is 0 Å². The van der Waals surface area contributed by atoms with Gasteiger partial charge in [0, 0.05) is 15.8 Å². The van der Waals surface area contributed by atoms with Crippen molar-refractivity contribution in [2.24, 2.45) is 5.73 Å². The second-order valence-electron chi connectivity index (χ2n) is 6.23. The highest BCUT2D eigenvalue weighted by molar-refractivity contribution is 7.99. The van der Waals surface area contributed by atoms with E-state index in [9.17, 15) is 0 Å². The lowest BCUT2D eigenvalue weighted by Gasteiger charge is -2.19. The SMILES string of the molecule is CC(N)c1ccc(Sc2ccc(C(C)(C)C)cc2)cc1. The van der Waals surface area contributed by atoms with Gasteiger partial charge < -0.3 is 5.73 Å². The molecule has 0 amide bonds. The highest BCUT2D eigenvalue weighted by Gasteiger charge is 2.12. The maximum Gasteiger partial charge on any atom is 0.0266 e. The summed E-state index contributed by atoms with van der Waals surface area (Å²) in [5.41, 5.74) is 8.63.